The lowest BCUT2D eigenvalue weighted by Crippen LogP contribution is -2.31. The van der Waals surface area contributed by atoms with E-state index in [2.05, 4.69) is 15.6 Å². The molecule has 0 aliphatic rings. The molecular formula is C11H17ClN6. The van der Waals surface area contributed by atoms with Gasteiger partial charge in [-0.2, -0.15) is 10.2 Å². The molecule has 0 aliphatic carbocycles. The topological polar surface area (TPSA) is 73.7 Å². The van der Waals surface area contributed by atoms with Crippen LogP contribution in [0.15, 0.2) is 6.20 Å². The Balaban J connectivity index is 2.59. The van der Waals surface area contributed by atoms with E-state index in [-0.39, 0.29) is 6.04 Å². The first kappa shape index (κ1) is 13.1. The molecule has 0 aliphatic heterocycles. The third-order valence-corrected chi connectivity index (χ3v) is 3.52. The van der Waals surface area contributed by atoms with Crippen molar-refractivity contribution < 1.29 is 0 Å². The lowest BCUT2D eigenvalue weighted by atomic mass is 10.0. The lowest BCUT2D eigenvalue weighted by molar-refractivity contribution is 0.570. The summed E-state index contributed by atoms with van der Waals surface area (Å²) in [6.45, 7) is 3.96. The van der Waals surface area contributed by atoms with Crippen LogP contribution >= 0.6 is 11.6 Å². The minimum atomic E-state index is -0.223. The van der Waals surface area contributed by atoms with Gasteiger partial charge in [0.2, 0.25) is 0 Å². The highest BCUT2D eigenvalue weighted by Gasteiger charge is 2.25. The summed E-state index contributed by atoms with van der Waals surface area (Å²) in [5.74, 6) is 5.69. The Morgan fingerprint density at radius 2 is 2.00 bits per heavy atom. The fourth-order valence-corrected chi connectivity index (χ4v) is 2.53. The molecule has 0 saturated carbocycles. The number of rotatable bonds is 3. The van der Waals surface area contributed by atoms with Crippen LogP contribution in [0.2, 0.25) is 5.02 Å². The van der Waals surface area contributed by atoms with E-state index in [9.17, 15) is 0 Å². The highest BCUT2D eigenvalue weighted by molar-refractivity contribution is 6.31. The molecule has 18 heavy (non-hydrogen) atoms. The quantitative estimate of drug-likeness (QED) is 0.643. The van der Waals surface area contributed by atoms with Gasteiger partial charge < -0.3 is 0 Å². The Hall–Kier alpha value is -1.37. The predicted molar refractivity (Wildman–Crippen MR) is 70.1 cm³/mol. The number of nitrogens with two attached hydrogens (primary N) is 1. The summed E-state index contributed by atoms with van der Waals surface area (Å²) in [7, 11) is 3.75. The molecule has 1 unspecified atom stereocenters. The number of hydrogen-bond acceptors (Lipinski definition) is 4. The number of hydrogen-bond donors (Lipinski definition) is 2. The van der Waals surface area contributed by atoms with Crippen molar-refractivity contribution in [3.05, 3.63) is 33.9 Å². The zero-order chi connectivity index (χ0) is 13.4. The number of nitrogens with zero attached hydrogens (tertiary/aromatic N) is 4. The third kappa shape index (κ3) is 1.92. The molecular weight excluding hydrogens is 252 g/mol. The molecule has 1 atom stereocenters. The second-order valence-corrected chi connectivity index (χ2v) is 4.72. The van der Waals surface area contributed by atoms with Crippen LogP contribution in [-0.4, -0.2) is 19.6 Å². The van der Waals surface area contributed by atoms with Crippen molar-refractivity contribution in [3.63, 3.8) is 0 Å². The van der Waals surface area contributed by atoms with E-state index in [4.69, 9.17) is 17.4 Å². The van der Waals surface area contributed by atoms with Gasteiger partial charge in [0.25, 0.3) is 0 Å². The number of aromatic nitrogens is 4. The first-order chi connectivity index (χ1) is 8.47. The molecule has 2 heterocycles. The molecule has 7 heteroatoms. The summed E-state index contributed by atoms with van der Waals surface area (Å²) in [6.07, 6.45) is 1.61. The summed E-state index contributed by atoms with van der Waals surface area (Å²) in [5, 5.41) is 9.12. The molecule has 2 aromatic rings. The smallest absolute Gasteiger partial charge is 0.0928 e. The summed E-state index contributed by atoms with van der Waals surface area (Å²) < 4.78 is 3.55. The molecule has 98 valence electrons. The number of hydrazine groups is 1. The fourth-order valence-electron chi connectivity index (χ4n) is 2.25. The predicted octanol–water partition coefficient (Wildman–Crippen LogP) is 0.977. The summed E-state index contributed by atoms with van der Waals surface area (Å²) in [6, 6.07) is -0.223. The Morgan fingerprint density at radius 1 is 1.33 bits per heavy atom. The summed E-state index contributed by atoms with van der Waals surface area (Å²) >= 11 is 6.17. The van der Waals surface area contributed by atoms with Crippen molar-refractivity contribution in [2.75, 3.05) is 0 Å². The third-order valence-electron chi connectivity index (χ3n) is 3.23. The van der Waals surface area contributed by atoms with Crippen molar-refractivity contribution in [2.45, 2.75) is 19.9 Å². The molecule has 0 aromatic carbocycles. The van der Waals surface area contributed by atoms with Crippen LogP contribution in [0.1, 0.15) is 28.7 Å². The van der Waals surface area contributed by atoms with Crippen molar-refractivity contribution in [3.8, 4) is 0 Å². The van der Waals surface area contributed by atoms with Crippen LogP contribution in [0, 0.1) is 13.8 Å². The van der Waals surface area contributed by atoms with Gasteiger partial charge in [-0.1, -0.05) is 11.6 Å². The summed E-state index contributed by atoms with van der Waals surface area (Å²) in [5.41, 5.74) is 6.64. The fraction of sp³-hybridized carbons (Fsp3) is 0.455. The van der Waals surface area contributed by atoms with Gasteiger partial charge in [-0.05, 0) is 13.8 Å². The zero-order valence-electron chi connectivity index (χ0n) is 10.9. The Labute approximate surface area is 111 Å². The maximum Gasteiger partial charge on any atom is 0.0928 e. The Kier molecular flexibility index (Phi) is 3.43. The van der Waals surface area contributed by atoms with Gasteiger partial charge in [-0.25, -0.2) is 5.43 Å². The highest BCUT2D eigenvalue weighted by atomic mass is 35.5. The van der Waals surface area contributed by atoms with Crippen LogP contribution in [0.25, 0.3) is 0 Å². The van der Waals surface area contributed by atoms with Gasteiger partial charge in [-0.3, -0.25) is 15.2 Å². The molecule has 0 spiro atoms. The van der Waals surface area contributed by atoms with Crippen LogP contribution in [0.5, 0.6) is 0 Å². The van der Waals surface area contributed by atoms with E-state index in [1.165, 1.54) is 0 Å². The van der Waals surface area contributed by atoms with Gasteiger partial charge in [0.1, 0.15) is 0 Å². The van der Waals surface area contributed by atoms with Gasteiger partial charge >= 0.3 is 0 Å². The summed E-state index contributed by atoms with van der Waals surface area (Å²) in [4.78, 5) is 0. The zero-order valence-corrected chi connectivity index (χ0v) is 11.7. The largest absolute Gasteiger partial charge is 0.272 e. The van der Waals surface area contributed by atoms with Crippen LogP contribution in [0.4, 0.5) is 0 Å². The van der Waals surface area contributed by atoms with Crippen molar-refractivity contribution in [1.29, 1.82) is 0 Å². The molecule has 2 rings (SSSR count). The average Bonchev–Trinajstić information content (AvgIpc) is 2.76. The van der Waals surface area contributed by atoms with E-state index in [0.717, 1.165) is 22.6 Å². The van der Waals surface area contributed by atoms with Gasteiger partial charge in [0.05, 0.1) is 28.6 Å². The molecule has 0 amide bonds. The highest BCUT2D eigenvalue weighted by Crippen LogP contribution is 2.30. The molecule has 6 nitrogen and oxygen atoms in total. The van der Waals surface area contributed by atoms with Gasteiger partial charge in [-0.15, -0.1) is 0 Å². The molecule has 0 bridgehead atoms. The van der Waals surface area contributed by atoms with E-state index in [1.54, 1.807) is 10.9 Å². The monoisotopic (exact) mass is 268 g/mol. The molecule has 0 saturated heterocycles. The molecule has 0 radical (unpaired) electrons. The second kappa shape index (κ2) is 4.72. The Morgan fingerprint density at radius 3 is 2.39 bits per heavy atom. The first-order valence-electron chi connectivity index (χ1n) is 5.61. The van der Waals surface area contributed by atoms with E-state index >= 15 is 0 Å². The standard InChI is InChI=1S/C11H17ClN6/c1-6-9(7(2)17(3)16-6)10(15-13)11-8(12)5-14-18(11)4/h5,10,15H,13H2,1-4H3. The van der Waals surface area contributed by atoms with E-state index < -0.39 is 0 Å². The Bertz CT molecular complexity index is 551. The molecule has 3 N–H and O–H groups in total. The van der Waals surface area contributed by atoms with Gasteiger partial charge in [0, 0.05) is 25.4 Å². The number of nitrogens with one attached hydrogen (secondary N) is 1. The molecule has 0 fully saturated rings. The van der Waals surface area contributed by atoms with Crippen LogP contribution in [-0.2, 0) is 14.1 Å². The second-order valence-electron chi connectivity index (χ2n) is 4.31. The lowest BCUT2D eigenvalue weighted by Gasteiger charge is -2.17. The maximum atomic E-state index is 6.17. The van der Waals surface area contributed by atoms with E-state index in [1.807, 2.05) is 32.6 Å². The van der Waals surface area contributed by atoms with Crippen LogP contribution < -0.4 is 11.3 Å². The maximum absolute atomic E-state index is 6.17. The van der Waals surface area contributed by atoms with Crippen molar-refractivity contribution in [2.24, 2.45) is 19.9 Å². The average molecular weight is 269 g/mol. The minimum Gasteiger partial charge on any atom is -0.272 e. The molecule has 2 aromatic heterocycles. The van der Waals surface area contributed by atoms with Gasteiger partial charge in [0.15, 0.2) is 0 Å². The van der Waals surface area contributed by atoms with Crippen molar-refractivity contribution in [1.82, 2.24) is 25.0 Å². The SMILES string of the molecule is Cc1nn(C)c(C)c1C(NN)c1c(Cl)cnn1C. The van der Waals surface area contributed by atoms with Crippen LogP contribution in [0.3, 0.4) is 0 Å². The van der Waals surface area contributed by atoms with E-state index in [0.29, 0.717) is 5.02 Å². The minimum absolute atomic E-state index is 0.223. The first-order valence-corrected chi connectivity index (χ1v) is 5.98. The number of halogens is 1. The number of aryl methyl sites for hydroxylation is 3. The normalized spacial score (nSPS) is 13.0. The van der Waals surface area contributed by atoms with Crippen molar-refractivity contribution >= 4 is 11.6 Å².